The Morgan fingerprint density at radius 3 is 1.49 bits per heavy atom. The smallest absolute Gasteiger partial charge is 0.204 e. The van der Waals surface area contributed by atoms with E-state index in [1.165, 1.54) is 50.1 Å². The summed E-state index contributed by atoms with van der Waals surface area (Å²) >= 11 is 0. The van der Waals surface area contributed by atoms with Crippen LogP contribution in [0.2, 0.25) is 0 Å². The summed E-state index contributed by atoms with van der Waals surface area (Å²) < 4.78 is 4.26. The predicted molar refractivity (Wildman–Crippen MR) is 244 cm³/mol. The number of rotatable bonds is 6. The van der Waals surface area contributed by atoms with Gasteiger partial charge >= 0.3 is 0 Å². The number of nitrogens with zero attached hydrogens (tertiary/aromatic N) is 6. The maximum atomic E-state index is 5.17. The summed E-state index contributed by atoms with van der Waals surface area (Å²) in [5.74, 6) is 0. The van der Waals surface area contributed by atoms with Crippen molar-refractivity contribution in [1.82, 2.24) is 24.5 Å². The molecule has 3 atom stereocenters. The molecule has 3 aliphatic rings. The molecular formula is C57H38N6. The highest BCUT2D eigenvalue weighted by Crippen LogP contribution is 2.60. The first-order valence-electron chi connectivity index (χ1n) is 21.4. The fourth-order valence-corrected chi connectivity index (χ4v) is 11.7. The zero-order valence-corrected chi connectivity index (χ0v) is 34.4. The quantitative estimate of drug-likeness (QED) is 0.124. The first-order chi connectivity index (χ1) is 31.2. The number of fused-ring (bicyclic) bond motifs is 9. The monoisotopic (exact) mass is 806 g/mol. The highest BCUT2D eigenvalue weighted by molar-refractivity contribution is 5.89. The molecule has 5 heterocycles. The zero-order chi connectivity index (χ0) is 41.8. The number of imidazole rings is 1. The average Bonchev–Trinajstić information content (AvgIpc) is 4.09. The highest BCUT2D eigenvalue weighted by Gasteiger charge is 2.52. The van der Waals surface area contributed by atoms with E-state index in [0.29, 0.717) is 0 Å². The van der Waals surface area contributed by atoms with Crippen molar-refractivity contribution in [2.24, 2.45) is 7.05 Å². The Balaban J connectivity index is 1.13. The Morgan fingerprint density at radius 2 is 0.889 bits per heavy atom. The van der Waals surface area contributed by atoms with Crippen LogP contribution in [0, 0.1) is 6.33 Å². The van der Waals surface area contributed by atoms with Gasteiger partial charge in [0.15, 0.2) is 5.54 Å². The van der Waals surface area contributed by atoms with Gasteiger partial charge in [0.1, 0.15) is 0 Å². The van der Waals surface area contributed by atoms with E-state index in [1.54, 1.807) is 0 Å². The molecule has 5 aromatic carbocycles. The molecule has 63 heavy (non-hydrogen) atoms. The first kappa shape index (κ1) is 35.6. The molecule has 0 bridgehead atoms. The van der Waals surface area contributed by atoms with E-state index in [2.05, 4.69) is 185 Å². The van der Waals surface area contributed by atoms with Gasteiger partial charge < -0.3 is 9.13 Å². The summed E-state index contributed by atoms with van der Waals surface area (Å²) in [6.07, 6.45) is 21.7. The van der Waals surface area contributed by atoms with Gasteiger partial charge in [-0.2, -0.15) is 0 Å². The second kappa shape index (κ2) is 13.2. The molecule has 5 aromatic heterocycles. The summed E-state index contributed by atoms with van der Waals surface area (Å²) in [7, 11) is 2.03. The van der Waals surface area contributed by atoms with E-state index >= 15 is 0 Å². The van der Waals surface area contributed by atoms with Gasteiger partial charge in [0.2, 0.25) is 6.33 Å². The third-order valence-corrected chi connectivity index (χ3v) is 14.1. The zero-order valence-electron chi connectivity index (χ0n) is 34.4. The molecule has 0 spiro atoms. The fourth-order valence-electron chi connectivity index (χ4n) is 11.7. The van der Waals surface area contributed by atoms with E-state index in [1.807, 2.05) is 61.1 Å². The Morgan fingerprint density at radius 1 is 0.429 bits per heavy atom. The van der Waals surface area contributed by atoms with Crippen molar-refractivity contribution in [1.29, 1.82) is 0 Å². The lowest BCUT2D eigenvalue weighted by Crippen LogP contribution is -2.38. The molecule has 0 saturated heterocycles. The first-order valence-corrected chi connectivity index (χ1v) is 21.4. The summed E-state index contributed by atoms with van der Waals surface area (Å²) in [6.45, 7) is 0. The summed E-state index contributed by atoms with van der Waals surface area (Å²) in [4.78, 5) is 19.2. The number of pyridine rings is 4. The second-order valence-corrected chi connectivity index (χ2v) is 16.9. The molecule has 6 nitrogen and oxygen atoms in total. The lowest BCUT2D eigenvalue weighted by molar-refractivity contribution is -0.675. The molecule has 3 aliphatic carbocycles. The van der Waals surface area contributed by atoms with Gasteiger partial charge in [-0.15, -0.1) is 0 Å². The van der Waals surface area contributed by atoms with Gasteiger partial charge in [-0.3, -0.25) is 19.9 Å². The minimum absolute atomic E-state index is 0.705. The van der Waals surface area contributed by atoms with Crippen molar-refractivity contribution < 1.29 is 4.57 Å². The molecule has 0 aliphatic heterocycles. The van der Waals surface area contributed by atoms with Crippen molar-refractivity contribution in [3.05, 3.63) is 281 Å². The SMILES string of the molecule is C[n+]1[c-]n(C2(c3cccc(C4(c5cccc(C6(c7ccccn7)c7ccccc7-c7cnccc76)c5)c5ccccc5-c5cnccc54)c3)c3ccccc3-c3cnccc32)cc1. The van der Waals surface area contributed by atoms with Crippen LogP contribution in [-0.4, -0.2) is 24.5 Å². The minimum atomic E-state index is -0.739. The molecule has 296 valence electrons. The van der Waals surface area contributed by atoms with Gasteiger partial charge in [0, 0.05) is 76.8 Å². The normalized spacial score (nSPS) is 19.7. The van der Waals surface area contributed by atoms with Crippen LogP contribution in [0.5, 0.6) is 0 Å². The minimum Gasteiger partial charge on any atom is -0.354 e. The summed E-state index contributed by atoms with van der Waals surface area (Å²) in [5.41, 5.74) is 17.5. The molecule has 0 saturated carbocycles. The summed E-state index contributed by atoms with van der Waals surface area (Å²) in [5, 5.41) is 0. The van der Waals surface area contributed by atoms with Crippen molar-refractivity contribution >= 4 is 0 Å². The summed E-state index contributed by atoms with van der Waals surface area (Å²) in [6, 6.07) is 58.0. The Labute approximate surface area is 365 Å². The maximum absolute atomic E-state index is 5.17. The second-order valence-electron chi connectivity index (χ2n) is 16.9. The average molecular weight is 807 g/mol. The molecule has 0 N–H and O–H groups in total. The van der Waals surface area contributed by atoms with Gasteiger partial charge in [-0.1, -0.05) is 121 Å². The lowest BCUT2D eigenvalue weighted by Gasteiger charge is -2.38. The predicted octanol–water partition coefficient (Wildman–Crippen LogP) is 10.2. The number of aryl methyl sites for hydroxylation is 1. The van der Waals surface area contributed by atoms with Crippen LogP contribution in [0.3, 0.4) is 0 Å². The molecule has 13 rings (SSSR count). The van der Waals surface area contributed by atoms with Gasteiger partial charge in [-0.05, 0) is 104 Å². The lowest BCUT2D eigenvalue weighted by atomic mass is 9.64. The van der Waals surface area contributed by atoms with Crippen molar-refractivity contribution in [3.8, 4) is 33.4 Å². The Hall–Kier alpha value is -8.09. The van der Waals surface area contributed by atoms with Crippen LogP contribution < -0.4 is 4.57 Å². The van der Waals surface area contributed by atoms with Gasteiger partial charge in [0.05, 0.1) is 23.6 Å². The Kier molecular flexibility index (Phi) is 7.47. The van der Waals surface area contributed by atoms with Crippen LogP contribution in [0.25, 0.3) is 33.4 Å². The van der Waals surface area contributed by atoms with Crippen molar-refractivity contribution in [2.75, 3.05) is 0 Å². The highest BCUT2D eigenvalue weighted by atomic mass is 15.2. The van der Waals surface area contributed by atoms with Gasteiger partial charge in [-0.25, -0.2) is 0 Å². The number of benzene rings is 5. The van der Waals surface area contributed by atoms with Crippen LogP contribution in [0.15, 0.2) is 213 Å². The third kappa shape index (κ3) is 4.54. The van der Waals surface area contributed by atoms with E-state index in [9.17, 15) is 0 Å². The van der Waals surface area contributed by atoms with E-state index in [0.717, 1.165) is 44.6 Å². The topological polar surface area (TPSA) is 60.4 Å². The largest absolute Gasteiger partial charge is 0.354 e. The van der Waals surface area contributed by atoms with Crippen LogP contribution in [-0.2, 0) is 23.4 Å². The van der Waals surface area contributed by atoms with Crippen molar-refractivity contribution in [3.63, 3.8) is 0 Å². The van der Waals surface area contributed by atoms with E-state index < -0.39 is 16.4 Å². The number of hydrogen-bond acceptors (Lipinski definition) is 4. The fraction of sp³-hybridized carbons (Fsp3) is 0.0702. The molecule has 0 amide bonds. The number of hydrogen-bond donors (Lipinski definition) is 0. The molecule has 3 unspecified atom stereocenters. The van der Waals surface area contributed by atoms with Crippen LogP contribution in [0.1, 0.15) is 61.3 Å². The molecular weight excluding hydrogens is 769 g/mol. The van der Waals surface area contributed by atoms with Gasteiger partial charge in [0.25, 0.3) is 0 Å². The maximum Gasteiger partial charge on any atom is 0.204 e. The molecule has 0 radical (unpaired) electrons. The Bertz CT molecular complexity index is 3320. The number of aromatic nitrogens is 6. The van der Waals surface area contributed by atoms with E-state index in [4.69, 9.17) is 9.97 Å². The molecule has 0 fully saturated rings. The standard InChI is InChI=1S/C57H38N6/c1-62-30-31-63(37-62)57(52-21-7-4-18-44(52)47-36-60-29-25-53(47)57)41-15-11-13-39(33-41)55(48-19-5-2-16-42(48)45-34-58-27-23-50(45)55)38-12-10-14-40(32-38)56(54-22-8-9-26-61-54)49-20-6-3-17-43(49)46-35-59-28-24-51(46)56/h2-36H,1H3. The van der Waals surface area contributed by atoms with Crippen LogP contribution in [0.4, 0.5) is 0 Å². The van der Waals surface area contributed by atoms with E-state index in [-0.39, 0.29) is 0 Å². The molecule has 6 heteroatoms. The van der Waals surface area contributed by atoms with Crippen LogP contribution >= 0.6 is 0 Å². The molecule has 10 aromatic rings. The van der Waals surface area contributed by atoms with Crippen molar-refractivity contribution in [2.45, 2.75) is 16.4 Å². The third-order valence-electron chi connectivity index (χ3n) is 14.1.